The number of rotatable bonds is 5. The number of hydrogen-bond donors (Lipinski definition) is 0. The van der Waals surface area contributed by atoms with Gasteiger partial charge in [0.1, 0.15) is 5.75 Å². The predicted molar refractivity (Wildman–Crippen MR) is 109 cm³/mol. The van der Waals surface area contributed by atoms with Gasteiger partial charge in [-0.1, -0.05) is 29.9 Å². The molecular weight excluding hydrogens is 358 g/mol. The highest BCUT2D eigenvalue weighted by Gasteiger charge is 2.41. The van der Waals surface area contributed by atoms with Gasteiger partial charge in [-0.3, -0.25) is 4.79 Å². The van der Waals surface area contributed by atoms with Gasteiger partial charge in [0.15, 0.2) is 5.78 Å². The Morgan fingerprint density at radius 2 is 2.07 bits per heavy atom. The van der Waals surface area contributed by atoms with Gasteiger partial charge in [-0.05, 0) is 50.8 Å². The van der Waals surface area contributed by atoms with Crippen molar-refractivity contribution in [3.05, 3.63) is 40.4 Å². The van der Waals surface area contributed by atoms with Gasteiger partial charge in [-0.2, -0.15) is 5.10 Å². The zero-order valence-electron chi connectivity index (χ0n) is 16.1. The summed E-state index contributed by atoms with van der Waals surface area (Å²) in [4.78, 5) is 17.3. The van der Waals surface area contributed by atoms with E-state index in [1.54, 1.807) is 6.92 Å². The smallest absolute Gasteiger partial charge is 0.207 e. The van der Waals surface area contributed by atoms with Crippen LogP contribution in [0.25, 0.3) is 0 Å². The third kappa shape index (κ3) is 3.38. The number of hydrazone groups is 1. The number of benzene rings is 1. The van der Waals surface area contributed by atoms with E-state index in [1.165, 1.54) is 35.5 Å². The number of Topliss-reactive ketones (excluding diaryl/α,β-unsaturated/α-hetero) is 1. The minimum Gasteiger partial charge on any atom is -0.494 e. The highest BCUT2D eigenvalue weighted by Crippen LogP contribution is 2.45. The number of aromatic nitrogens is 1. The van der Waals surface area contributed by atoms with Gasteiger partial charge in [0.05, 0.1) is 23.2 Å². The van der Waals surface area contributed by atoms with Crippen LogP contribution < -0.4 is 9.75 Å². The van der Waals surface area contributed by atoms with Crippen molar-refractivity contribution in [3.8, 4) is 5.75 Å². The molecule has 0 saturated heterocycles. The molecule has 4 rings (SSSR count). The van der Waals surface area contributed by atoms with Crippen LogP contribution in [0.4, 0.5) is 5.13 Å². The highest BCUT2D eigenvalue weighted by atomic mass is 32.1. The lowest BCUT2D eigenvalue weighted by Crippen LogP contribution is -2.27. The SMILES string of the molecule is CCOc1ccc([C@@H]2[C@@H]3CCCCC3=NN2c2nc(C)c(C(C)=O)s2)cc1. The Labute approximate surface area is 164 Å². The van der Waals surface area contributed by atoms with Crippen LogP contribution in [0.2, 0.25) is 0 Å². The number of hydrogen-bond acceptors (Lipinski definition) is 6. The lowest BCUT2D eigenvalue weighted by atomic mass is 9.80. The van der Waals surface area contributed by atoms with E-state index in [-0.39, 0.29) is 11.8 Å². The maximum Gasteiger partial charge on any atom is 0.207 e. The first kappa shape index (κ1) is 18.2. The molecule has 6 heteroatoms. The molecule has 27 heavy (non-hydrogen) atoms. The Kier molecular flexibility index (Phi) is 5.00. The number of aryl methyl sites for hydroxylation is 1. The molecule has 0 spiro atoms. The van der Waals surface area contributed by atoms with Crippen molar-refractivity contribution < 1.29 is 9.53 Å². The van der Waals surface area contributed by atoms with Gasteiger partial charge in [0.2, 0.25) is 5.13 Å². The molecule has 0 N–H and O–H groups in total. The van der Waals surface area contributed by atoms with Crippen molar-refractivity contribution in [2.45, 2.75) is 52.5 Å². The average molecular weight is 384 g/mol. The van der Waals surface area contributed by atoms with Crippen LogP contribution in [0.5, 0.6) is 5.75 Å². The van der Waals surface area contributed by atoms with Crippen molar-refractivity contribution in [3.63, 3.8) is 0 Å². The predicted octanol–water partition coefficient (Wildman–Crippen LogP) is 5.16. The third-order valence-electron chi connectivity index (χ3n) is 5.34. The summed E-state index contributed by atoms with van der Waals surface area (Å²) in [6.45, 7) is 6.16. The van der Waals surface area contributed by atoms with Gasteiger partial charge in [0.25, 0.3) is 0 Å². The topological polar surface area (TPSA) is 54.8 Å². The van der Waals surface area contributed by atoms with E-state index >= 15 is 0 Å². The second-order valence-corrected chi connectivity index (χ2v) is 8.18. The normalized spacial score (nSPS) is 21.7. The van der Waals surface area contributed by atoms with Crippen LogP contribution >= 0.6 is 11.3 Å². The summed E-state index contributed by atoms with van der Waals surface area (Å²) in [6, 6.07) is 8.49. The maximum atomic E-state index is 11.9. The molecule has 142 valence electrons. The first-order chi connectivity index (χ1) is 13.1. The molecular formula is C21H25N3O2S. The lowest BCUT2D eigenvalue weighted by molar-refractivity contribution is 0.102. The Hall–Kier alpha value is -2.21. The molecule has 1 aliphatic carbocycles. The Morgan fingerprint density at radius 3 is 2.74 bits per heavy atom. The van der Waals surface area contributed by atoms with E-state index in [0.29, 0.717) is 12.5 Å². The summed E-state index contributed by atoms with van der Waals surface area (Å²) < 4.78 is 5.60. The molecule has 2 aliphatic rings. The highest BCUT2D eigenvalue weighted by molar-refractivity contribution is 7.17. The van der Waals surface area contributed by atoms with Crippen LogP contribution in [0, 0.1) is 12.8 Å². The molecule has 0 bridgehead atoms. The summed E-state index contributed by atoms with van der Waals surface area (Å²) in [6.07, 6.45) is 4.64. The van der Waals surface area contributed by atoms with Gasteiger partial charge < -0.3 is 4.74 Å². The van der Waals surface area contributed by atoms with Gasteiger partial charge in [-0.25, -0.2) is 9.99 Å². The molecule has 0 amide bonds. The number of carbonyl (C=O) groups is 1. The van der Waals surface area contributed by atoms with Crippen LogP contribution in [-0.4, -0.2) is 23.1 Å². The summed E-state index contributed by atoms with van der Waals surface area (Å²) >= 11 is 1.45. The zero-order valence-corrected chi connectivity index (χ0v) is 16.9. The molecule has 2 aromatic rings. The third-order valence-corrected chi connectivity index (χ3v) is 6.59. The number of carbonyl (C=O) groups excluding carboxylic acids is 1. The number of anilines is 1. The summed E-state index contributed by atoms with van der Waals surface area (Å²) in [7, 11) is 0. The Bertz CT molecular complexity index is 872. The van der Waals surface area contributed by atoms with E-state index in [4.69, 9.17) is 9.84 Å². The first-order valence-electron chi connectivity index (χ1n) is 9.66. The minimum atomic E-state index is 0.0677. The average Bonchev–Trinajstić information content (AvgIpc) is 3.23. The molecule has 2 heterocycles. The Balaban J connectivity index is 1.72. The van der Waals surface area contributed by atoms with Crippen LogP contribution in [0.1, 0.15) is 66.5 Å². The second kappa shape index (κ2) is 7.43. The van der Waals surface area contributed by atoms with Crippen molar-refractivity contribution >= 4 is 28.0 Å². The van der Waals surface area contributed by atoms with E-state index in [0.717, 1.165) is 34.3 Å². The largest absolute Gasteiger partial charge is 0.494 e. The fourth-order valence-electron chi connectivity index (χ4n) is 4.13. The molecule has 1 aliphatic heterocycles. The summed E-state index contributed by atoms with van der Waals surface area (Å²) in [5.74, 6) is 1.37. The van der Waals surface area contributed by atoms with Crippen molar-refractivity contribution in [1.82, 2.24) is 4.98 Å². The first-order valence-corrected chi connectivity index (χ1v) is 10.5. The molecule has 1 aromatic heterocycles. The van der Waals surface area contributed by atoms with Crippen molar-refractivity contribution in [2.24, 2.45) is 11.0 Å². The fraction of sp³-hybridized carbons (Fsp3) is 0.476. The minimum absolute atomic E-state index is 0.0677. The molecule has 2 atom stereocenters. The number of ether oxygens (including phenoxy) is 1. The van der Waals surface area contributed by atoms with E-state index in [2.05, 4.69) is 22.1 Å². The second-order valence-electron chi connectivity index (χ2n) is 7.20. The standard InChI is InChI=1S/C21H25N3O2S/c1-4-26-16-11-9-15(10-12-16)19-17-7-5-6-8-18(17)23-24(19)21-22-13(2)20(27-21)14(3)25/h9-12,17,19H,4-8H2,1-3H3/t17-,19-/m1/s1. The quantitative estimate of drug-likeness (QED) is 0.669. The van der Waals surface area contributed by atoms with Gasteiger partial charge in [0, 0.05) is 18.6 Å². The molecule has 1 fully saturated rings. The summed E-state index contributed by atoms with van der Waals surface area (Å²) in [5, 5.41) is 7.84. The monoisotopic (exact) mass is 383 g/mol. The maximum absolute atomic E-state index is 11.9. The molecule has 0 radical (unpaired) electrons. The van der Waals surface area contributed by atoms with Gasteiger partial charge in [-0.15, -0.1) is 0 Å². The van der Waals surface area contributed by atoms with Crippen LogP contribution in [0.3, 0.4) is 0 Å². The number of ketones is 1. The van der Waals surface area contributed by atoms with E-state index in [9.17, 15) is 4.79 Å². The number of nitrogens with zero attached hydrogens (tertiary/aromatic N) is 3. The van der Waals surface area contributed by atoms with Gasteiger partial charge >= 0.3 is 0 Å². The van der Waals surface area contributed by atoms with Crippen LogP contribution in [-0.2, 0) is 0 Å². The molecule has 5 nitrogen and oxygen atoms in total. The molecule has 1 saturated carbocycles. The molecule has 0 unspecified atom stereocenters. The fourth-order valence-corrected chi connectivity index (χ4v) is 5.08. The van der Waals surface area contributed by atoms with E-state index in [1.807, 2.05) is 26.0 Å². The number of fused-ring (bicyclic) bond motifs is 1. The van der Waals surface area contributed by atoms with Crippen molar-refractivity contribution in [2.75, 3.05) is 11.6 Å². The summed E-state index contributed by atoms with van der Waals surface area (Å²) in [5.41, 5.74) is 3.29. The molecule has 1 aromatic carbocycles. The van der Waals surface area contributed by atoms with E-state index < -0.39 is 0 Å². The zero-order chi connectivity index (χ0) is 19.0. The van der Waals surface area contributed by atoms with Crippen LogP contribution in [0.15, 0.2) is 29.4 Å². The Morgan fingerprint density at radius 1 is 1.30 bits per heavy atom. The van der Waals surface area contributed by atoms with Crippen molar-refractivity contribution in [1.29, 1.82) is 0 Å². The lowest BCUT2D eigenvalue weighted by Gasteiger charge is -2.28. The number of thiazole rings is 1.